The highest BCUT2D eigenvalue weighted by molar-refractivity contribution is 6.30. The van der Waals surface area contributed by atoms with Crippen LogP contribution in [-0.4, -0.2) is 74.4 Å². The average molecular weight is 589 g/mol. The summed E-state index contributed by atoms with van der Waals surface area (Å²) in [5.74, 6) is 0. The van der Waals surface area contributed by atoms with Gasteiger partial charge in [0.25, 0.3) is 0 Å². The van der Waals surface area contributed by atoms with Crippen molar-refractivity contribution in [1.82, 2.24) is 30.1 Å². The van der Waals surface area contributed by atoms with Gasteiger partial charge < -0.3 is 25.0 Å². The molecule has 0 aliphatic carbocycles. The van der Waals surface area contributed by atoms with E-state index in [9.17, 15) is 35.9 Å². The fraction of sp³-hybridized carbons (Fsp3) is 0.636. The highest BCUT2D eigenvalue weighted by atomic mass is 35.5. The number of nitrogens with one attached hydrogen (secondary N) is 2. The smallest absolute Gasteiger partial charge is 0.416 e. The molecular formula is C22H27ClF6N6O4. The summed E-state index contributed by atoms with van der Waals surface area (Å²) in [4.78, 5) is 29.6. The van der Waals surface area contributed by atoms with E-state index in [1.165, 1.54) is 16.8 Å². The largest absolute Gasteiger partial charge is 0.444 e. The van der Waals surface area contributed by atoms with Gasteiger partial charge in [-0.25, -0.2) is 19.1 Å². The maximum absolute atomic E-state index is 13.3. The van der Waals surface area contributed by atoms with Gasteiger partial charge in [-0.1, -0.05) is 11.6 Å². The number of imidazole rings is 1. The number of urea groups is 1. The molecule has 1 aliphatic rings. The van der Waals surface area contributed by atoms with Gasteiger partial charge in [0, 0.05) is 5.56 Å². The van der Waals surface area contributed by atoms with Crippen LogP contribution in [0.2, 0.25) is 5.15 Å². The molecule has 39 heavy (non-hydrogen) atoms. The monoisotopic (exact) mass is 588 g/mol. The summed E-state index contributed by atoms with van der Waals surface area (Å²) in [6.45, 7) is 4.84. The van der Waals surface area contributed by atoms with E-state index in [2.05, 4.69) is 15.4 Å². The normalized spacial score (nSPS) is 17.9. The van der Waals surface area contributed by atoms with Crippen LogP contribution in [0.4, 0.5) is 35.9 Å². The summed E-state index contributed by atoms with van der Waals surface area (Å²) in [7, 11) is 0. The van der Waals surface area contributed by atoms with Crippen molar-refractivity contribution >= 4 is 29.4 Å². The van der Waals surface area contributed by atoms with Gasteiger partial charge in [0.2, 0.25) is 0 Å². The molecule has 3 heterocycles. The quantitative estimate of drug-likeness (QED) is 0.451. The minimum atomic E-state index is -4.71. The predicted octanol–water partition coefficient (Wildman–Crippen LogP) is 4.76. The molecule has 0 bridgehead atoms. The number of halogens is 7. The number of amides is 3. The Morgan fingerprint density at radius 3 is 2.38 bits per heavy atom. The molecule has 1 aliphatic heterocycles. The molecule has 10 nitrogen and oxygen atoms in total. The van der Waals surface area contributed by atoms with E-state index in [-0.39, 0.29) is 28.6 Å². The van der Waals surface area contributed by atoms with Crippen molar-refractivity contribution < 1.29 is 45.4 Å². The number of fused-ring (bicyclic) bond motifs is 1. The Balaban J connectivity index is 1.87. The standard InChI is InChI=1S/C22H27ClF6N6O4/c1-19(2,3)39-18(37)31-13(10-38-20(4,5)22(27,28)29)12-8-35-15(30-12)6-11(16(23)33-35)7-34-9-14(21(24,25)26)32-17(34)36/h6,8,13-14H,7,9-10H2,1-5H3,(H,31,37)(H,32,36)/t13-,14-/m0/s1. The van der Waals surface area contributed by atoms with Crippen LogP contribution in [0, 0.1) is 0 Å². The second-order valence-electron chi connectivity index (χ2n) is 10.4. The van der Waals surface area contributed by atoms with Gasteiger partial charge in [0.1, 0.15) is 11.6 Å². The second-order valence-corrected chi connectivity index (χ2v) is 10.7. The molecule has 2 atom stereocenters. The first-order chi connectivity index (χ1) is 17.7. The number of hydrogen-bond donors (Lipinski definition) is 2. The minimum Gasteiger partial charge on any atom is -0.444 e. The summed E-state index contributed by atoms with van der Waals surface area (Å²) in [6, 6.07) is -2.84. The number of rotatable bonds is 7. The zero-order valence-corrected chi connectivity index (χ0v) is 22.3. The number of ether oxygens (including phenoxy) is 2. The Morgan fingerprint density at radius 2 is 1.85 bits per heavy atom. The Kier molecular flexibility index (Phi) is 8.24. The number of alkyl carbamates (subject to hydrolysis) is 1. The van der Waals surface area contributed by atoms with Gasteiger partial charge in [-0.05, 0) is 40.7 Å². The molecule has 0 aromatic carbocycles. The van der Waals surface area contributed by atoms with Crippen LogP contribution in [0.1, 0.15) is 51.9 Å². The van der Waals surface area contributed by atoms with Crippen molar-refractivity contribution in [3.63, 3.8) is 0 Å². The third-order valence-electron chi connectivity index (χ3n) is 5.58. The summed E-state index contributed by atoms with van der Waals surface area (Å²) in [5.41, 5.74) is -3.15. The summed E-state index contributed by atoms with van der Waals surface area (Å²) < 4.78 is 90.4. The molecular weight excluding hydrogens is 562 g/mol. The molecule has 3 amide bonds. The topological polar surface area (TPSA) is 110 Å². The van der Waals surface area contributed by atoms with E-state index in [1.54, 1.807) is 20.8 Å². The minimum absolute atomic E-state index is 0.0376. The van der Waals surface area contributed by atoms with E-state index in [0.29, 0.717) is 0 Å². The molecule has 2 aromatic rings. The van der Waals surface area contributed by atoms with E-state index < -0.39 is 60.9 Å². The fourth-order valence-corrected chi connectivity index (χ4v) is 3.57. The van der Waals surface area contributed by atoms with Gasteiger partial charge in [-0.3, -0.25) is 0 Å². The van der Waals surface area contributed by atoms with E-state index in [4.69, 9.17) is 21.1 Å². The van der Waals surface area contributed by atoms with Crippen LogP contribution < -0.4 is 10.6 Å². The Morgan fingerprint density at radius 1 is 1.21 bits per heavy atom. The molecule has 2 N–H and O–H groups in total. The van der Waals surface area contributed by atoms with Crippen LogP contribution in [0.5, 0.6) is 0 Å². The summed E-state index contributed by atoms with van der Waals surface area (Å²) in [5, 5.41) is 8.19. The first-order valence-corrected chi connectivity index (χ1v) is 11.9. The third kappa shape index (κ3) is 7.56. The van der Waals surface area contributed by atoms with Gasteiger partial charge >= 0.3 is 24.5 Å². The van der Waals surface area contributed by atoms with Crippen molar-refractivity contribution in [3.05, 3.63) is 28.7 Å². The van der Waals surface area contributed by atoms with Crippen molar-refractivity contribution in [2.75, 3.05) is 13.2 Å². The maximum atomic E-state index is 13.3. The summed E-state index contributed by atoms with van der Waals surface area (Å²) >= 11 is 6.19. The molecule has 17 heteroatoms. The van der Waals surface area contributed by atoms with Crippen LogP contribution >= 0.6 is 11.6 Å². The molecule has 218 valence electrons. The SMILES string of the molecule is CC(C)(C)OC(=O)N[C@@H](COC(C)(C)C(F)(F)F)c1cn2nc(Cl)c(CN3C[C@@H](C(F)(F)F)NC3=O)cc2n1. The number of hydrogen-bond acceptors (Lipinski definition) is 6. The molecule has 0 unspecified atom stereocenters. The van der Waals surface area contributed by atoms with Crippen molar-refractivity contribution in [2.24, 2.45) is 0 Å². The molecule has 2 aromatic heterocycles. The van der Waals surface area contributed by atoms with E-state index >= 15 is 0 Å². The lowest BCUT2D eigenvalue weighted by Crippen LogP contribution is -2.44. The second kappa shape index (κ2) is 10.5. The molecule has 0 spiro atoms. The number of aromatic nitrogens is 3. The van der Waals surface area contributed by atoms with Crippen LogP contribution in [0.25, 0.3) is 5.65 Å². The lowest BCUT2D eigenvalue weighted by atomic mass is 10.1. The predicted molar refractivity (Wildman–Crippen MR) is 125 cm³/mol. The van der Waals surface area contributed by atoms with Crippen molar-refractivity contribution in [3.8, 4) is 0 Å². The Labute approximate surface area is 223 Å². The third-order valence-corrected chi connectivity index (χ3v) is 5.90. The first-order valence-electron chi connectivity index (χ1n) is 11.5. The molecule has 1 fully saturated rings. The molecule has 1 saturated heterocycles. The highest BCUT2D eigenvalue weighted by Crippen LogP contribution is 2.34. The highest BCUT2D eigenvalue weighted by Gasteiger charge is 2.49. The van der Waals surface area contributed by atoms with Gasteiger partial charge in [-0.2, -0.15) is 31.4 Å². The number of nitrogens with zero attached hydrogens (tertiary/aromatic N) is 4. The number of carbonyl (C=O) groups excluding carboxylic acids is 2. The van der Waals surface area contributed by atoms with Gasteiger partial charge in [0.15, 0.2) is 16.4 Å². The van der Waals surface area contributed by atoms with E-state index in [0.717, 1.165) is 18.7 Å². The maximum Gasteiger partial charge on any atom is 0.416 e. The zero-order valence-electron chi connectivity index (χ0n) is 21.5. The van der Waals surface area contributed by atoms with Gasteiger partial charge in [-0.15, -0.1) is 0 Å². The lowest BCUT2D eigenvalue weighted by Gasteiger charge is -2.30. The molecule has 3 rings (SSSR count). The molecule has 0 radical (unpaired) electrons. The number of carbonyl (C=O) groups is 2. The Hall–Kier alpha value is -3.01. The Bertz CT molecular complexity index is 1230. The zero-order chi connectivity index (χ0) is 29.6. The summed E-state index contributed by atoms with van der Waals surface area (Å²) in [6.07, 6.45) is -8.99. The van der Waals surface area contributed by atoms with Crippen LogP contribution in [0.15, 0.2) is 12.3 Å². The average Bonchev–Trinajstić information content (AvgIpc) is 3.32. The van der Waals surface area contributed by atoms with Crippen molar-refractivity contribution in [1.29, 1.82) is 0 Å². The fourth-order valence-electron chi connectivity index (χ4n) is 3.38. The first kappa shape index (κ1) is 30.5. The van der Waals surface area contributed by atoms with E-state index in [1.807, 2.05) is 5.32 Å². The van der Waals surface area contributed by atoms with Crippen LogP contribution in [0.3, 0.4) is 0 Å². The van der Waals surface area contributed by atoms with Crippen LogP contribution in [-0.2, 0) is 16.0 Å². The lowest BCUT2D eigenvalue weighted by molar-refractivity contribution is -0.265. The van der Waals surface area contributed by atoms with Crippen molar-refractivity contribution in [2.45, 2.75) is 76.8 Å². The molecule has 0 saturated carbocycles. The van der Waals surface area contributed by atoms with Gasteiger partial charge in [0.05, 0.1) is 37.6 Å². The number of alkyl halides is 6.